The van der Waals surface area contributed by atoms with Gasteiger partial charge in [-0.3, -0.25) is 0 Å². The molecule has 0 fully saturated rings. The van der Waals surface area contributed by atoms with Gasteiger partial charge in [0.05, 0.1) is 0 Å². The van der Waals surface area contributed by atoms with Crippen LogP contribution in [0.25, 0.3) is 0 Å². The van der Waals surface area contributed by atoms with Crippen LogP contribution >= 0.6 is 23.2 Å². The van der Waals surface area contributed by atoms with Crippen molar-refractivity contribution in [1.29, 1.82) is 0 Å². The molecule has 0 aliphatic carbocycles. The van der Waals surface area contributed by atoms with Gasteiger partial charge in [0.1, 0.15) is 12.3 Å². The lowest BCUT2D eigenvalue weighted by atomic mass is 10.3. The van der Waals surface area contributed by atoms with Gasteiger partial charge >= 0.3 is 5.97 Å². The van der Waals surface area contributed by atoms with E-state index >= 15 is 0 Å². The van der Waals surface area contributed by atoms with Gasteiger partial charge in [-0.1, -0.05) is 29.8 Å². The predicted molar refractivity (Wildman–Crippen MR) is 54.5 cm³/mol. The van der Waals surface area contributed by atoms with Gasteiger partial charge in [-0.05, 0) is 12.1 Å². The Bertz CT molecular complexity index is 366. The van der Waals surface area contributed by atoms with Gasteiger partial charge in [0.25, 0.3) is 0 Å². The van der Waals surface area contributed by atoms with Gasteiger partial charge in [-0.2, -0.15) is 0 Å². The van der Waals surface area contributed by atoms with E-state index in [1.165, 1.54) is 12.3 Å². The summed E-state index contributed by atoms with van der Waals surface area (Å²) in [6, 6.07) is 2.99. The first kappa shape index (κ1) is 11.0. The summed E-state index contributed by atoms with van der Waals surface area (Å²) in [6.07, 6.45) is 1.43. The first-order valence-corrected chi connectivity index (χ1v) is 4.47. The molecule has 0 bridgehead atoms. The Morgan fingerprint density at radius 1 is 1.64 bits per heavy atom. The molecule has 1 rings (SSSR count). The summed E-state index contributed by atoms with van der Waals surface area (Å²) in [7, 11) is 0. The molecule has 0 aliphatic rings. The van der Waals surface area contributed by atoms with Crippen molar-refractivity contribution >= 4 is 29.2 Å². The van der Waals surface area contributed by atoms with Crippen molar-refractivity contribution in [1.82, 2.24) is 4.98 Å². The lowest BCUT2D eigenvalue weighted by Gasteiger charge is -2.02. The molecule has 0 aromatic carbocycles. The highest BCUT2D eigenvalue weighted by atomic mass is 35.5. The second-order valence-electron chi connectivity index (χ2n) is 2.45. The van der Waals surface area contributed by atoms with Crippen LogP contribution in [0.2, 0.25) is 5.02 Å². The summed E-state index contributed by atoms with van der Waals surface area (Å²) in [5, 5.41) is 0.678. The highest BCUT2D eigenvalue weighted by molar-refractivity contribution is 6.30. The number of hydrogen-bond donors (Lipinski definition) is 0. The SMILES string of the molecule is C=C(Cl)COC(=O)c1cc(Cl)ccn1. The van der Waals surface area contributed by atoms with Crippen LogP contribution in [0, 0.1) is 0 Å². The van der Waals surface area contributed by atoms with Crippen molar-refractivity contribution in [3.63, 3.8) is 0 Å². The fourth-order valence-corrected chi connectivity index (χ4v) is 0.948. The van der Waals surface area contributed by atoms with Crippen LogP contribution in [-0.2, 0) is 4.74 Å². The third-order valence-electron chi connectivity index (χ3n) is 1.29. The zero-order valence-electron chi connectivity index (χ0n) is 7.17. The molecule has 1 heterocycles. The van der Waals surface area contributed by atoms with E-state index < -0.39 is 5.97 Å². The number of rotatable bonds is 3. The molecule has 0 aliphatic heterocycles. The number of ether oxygens (including phenoxy) is 1. The summed E-state index contributed by atoms with van der Waals surface area (Å²) in [5.74, 6) is -0.575. The third kappa shape index (κ3) is 3.36. The Morgan fingerprint density at radius 2 is 2.36 bits per heavy atom. The van der Waals surface area contributed by atoms with E-state index in [-0.39, 0.29) is 17.3 Å². The van der Waals surface area contributed by atoms with Gasteiger partial charge in [-0.25, -0.2) is 9.78 Å². The number of halogens is 2. The molecule has 1 aromatic heterocycles. The second-order valence-corrected chi connectivity index (χ2v) is 3.42. The number of carbonyl (C=O) groups is 1. The molecule has 0 saturated carbocycles. The van der Waals surface area contributed by atoms with E-state index in [1.807, 2.05) is 0 Å². The number of aromatic nitrogens is 1. The molecular formula is C9H7Cl2NO2. The number of esters is 1. The standard InChI is InChI=1S/C9H7Cl2NO2/c1-6(10)5-14-9(13)8-4-7(11)2-3-12-8/h2-4H,1,5H2. The first-order valence-electron chi connectivity index (χ1n) is 3.71. The van der Waals surface area contributed by atoms with Crippen molar-refractivity contribution in [2.75, 3.05) is 6.61 Å². The van der Waals surface area contributed by atoms with E-state index in [0.717, 1.165) is 0 Å². The Morgan fingerprint density at radius 3 is 2.93 bits per heavy atom. The zero-order chi connectivity index (χ0) is 10.6. The minimum atomic E-state index is -0.575. The maximum absolute atomic E-state index is 11.3. The van der Waals surface area contributed by atoms with E-state index in [2.05, 4.69) is 11.6 Å². The molecule has 0 radical (unpaired) electrons. The molecule has 14 heavy (non-hydrogen) atoms. The number of pyridine rings is 1. The van der Waals surface area contributed by atoms with Gasteiger partial charge in [0.15, 0.2) is 0 Å². The number of carbonyl (C=O) groups excluding carboxylic acids is 1. The molecule has 0 amide bonds. The Hall–Kier alpha value is -1.06. The molecule has 74 valence electrons. The highest BCUT2D eigenvalue weighted by Crippen LogP contribution is 2.09. The molecule has 0 N–H and O–H groups in total. The molecule has 3 nitrogen and oxygen atoms in total. The summed E-state index contributed by atoms with van der Waals surface area (Å²) in [4.78, 5) is 15.0. The van der Waals surface area contributed by atoms with Crippen LogP contribution in [0.5, 0.6) is 0 Å². The maximum atomic E-state index is 11.3. The van der Waals surface area contributed by atoms with E-state index in [9.17, 15) is 4.79 Å². The monoisotopic (exact) mass is 231 g/mol. The van der Waals surface area contributed by atoms with Crippen molar-refractivity contribution in [3.8, 4) is 0 Å². The Labute approximate surface area is 91.3 Å². The van der Waals surface area contributed by atoms with Gasteiger partial charge < -0.3 is 4.74 Å². The molecular weight excluding hydrogens is 225 g/mol. The van der Waals surface area contributed by atoms with Crippen molar-refractivity contribution in [2.45, 2.75) is 0 Å². The van der Waals surface area contributed by atoms with Crippen LogP contribution in [0.4, 0.5) is 0 Å². The molecule has 0 unspecified atom stereocenters. The smallest absolute Gasteiger partial charge is 0.357 e. The first-order chi connectivity index (χ1) is 6.59. The quantitative estimate of drug-likeness (QED) is 0.752. The number of hydrogen-bond acceptors (Lipinski definition) is 3. The average molecular weight is 232 g/mol. The van der Waals surface area contributed by atoms with Gasteiger partial charge in [-0.15, -0.1) is 0 Å². The van der Waals surface area contributed by atoms with Crippen molar-refractivity contribution in [2.24, 2.45) is 0 Å². The summed E-state index contributed by atoms with van der Waals surface area (Å²) >= 11 is 11.1. The van der Waals surface area contributed by atoms with Crippen LogP contribution in [0.15, 0.2) is 29.9 Å². The van der Waals surface area contributed by atoms with E-state index in [0.29, 0.717) is 5.02 Å². The number of nitrogens with zero attached hydrogens (tertiary/aromatic N) is 1. The lowest BCUT2D eigenvalue weighted by Crippen LogP contribution is -2.08. The minimum Gasteiger partial charge on any atom is -0.455 e. The lowest BCUT2D eigenvalue weighted by molar-refractivity contribution is 0.0539. The molecule has 0 atom stereocenters. The molecule has 0 saturated heterocycles. The van der Waals surface area contributed by atoms with E-state index in [1.54, 1.807) is 6.07 Å². The third-order valence-corrected chi connectivity index (χ3v) is 1.64. The molecule has 5 heteroatoms. The Kier molecular flexibility index (Phi) is 3.92. The average Bonchev–Trinajstić information content (AvgIpc) is 2.14. The topological polar surface area (TPSA) is 39.2 Å². The maximum Gasteiger partial charge on any atom is 0.357 e. The summed E-state index contributed by atoms with van der Waals surface area (Å²) in [5.41, 5.74) is 0.149. The molecule has 1 aromatic rings. The van der Waals surface area contributed by atoms with Crippen LogP contribution in [0.3, 0.4) is 0 Å². The largest absolute Gasteiger partial charge is 0.455 e. The zero-order valence-corrected chi connectivity index (χ0v) is 8.68. The fourth-order valence-electron chi connectivity index (χ4n) is 0.734. The Balaban J connectivity index is 2.65. The second kappa shape index (κ2) is 4.98. The van der Waals surface area contributed by atoms with Crippen molar-refractivity contribution in [3.05, 3.63) is 40.7 Å². The van der Waals surface area contributed by atoms with Crippen LogP contribution in [-0.4, -0.2) is 17.6 Å². The van der Waals surface area contributed by atoms with Gasteiger partial charge in [0, 0.05) is 16.3 Å². The highest BCUT2D eigenvalue weighted by Gasteiger charge is 2.08. The van der Waals surface area contributed by atoms with Crippen LogP contribution < -0.4 is 0 Å². The summed E-state index contributed by atoms with van der Waals surface area (Å²) < 4.78 is 4.75. The van der Waals surface area contributed by atoms with Gasteiger partial charge in [0.2, 0.25) is 0 Å². The van der Waals surface area contributed by atoms with Crippen LogP contribution in [0.1, 0.15) is 10.5 Å². The normalized spacial score (nSPS) is 9.57. The summed E-state index contributed by atoms with van der Waals surface area (Å²) in [6.45, 7) is 3.35. The fraction of sp³-hybridized carbons (Fsp3) is 0.111. The van der Waals surface area contributed by atoms with E-state index in [4.69, 9.17) is 27.9 Å². The predicted octanol–water partition coefficient (Wildman–Crippen LogP) is 2.64. The minimum absolute atomic E-state index is 0.0332. The van der Waals surface area contributed by atoms with Crippen molar-refractivity contribution < 1.29 is 9.53 Å². The molecule has 0 spiro atoms.